The van der Waals surface area contributed by atoms with Gasteiger partial charge in [0, 0.05) is 6.54 Å². The van der Waals surface area contributed by atoms with Crippen LogP contribution < -0.4 is 10.1 Å². The van der Waals surface area contributed by atoms with Gasteiger partial charge in [-0.25, -0.2) is 0 Å². The summed E-state index contributed by atoms with van der Waals surface area (Å²) in [6.07, 6.45) is 2.38. The molecule has 0 aromatic heterocycles. The van der Waals surface area contributed by atoms with Gasteiger partial charge in [-0.05, 0) is 54.8 Å². The molecule has 0 aliphatic carbocycles. The lowest BCUT2D eigenvalue weighted by Gasteiger charge is -2.22. The summed E-state index contributed by atoms with van der Waals surface area (Å²) in [6, 6.07) is 13.4. The zero-order chi connectivity index (χ0) is 21.7. The number of carbonyl (C=O) groups is 2. The van der Waals surface area contributed by atoms with Crippen LogP contribution in [0, 0.1) is 0 Å². The number of aromatic hydroxyl groups is 1. The topological polar surface area (TPSA) is 78.9 Å². The Kier molecular flexibility index (Phi) is 7.12. The summed E-state index contributed by atoms with van der Waals surface area (Å²) in [4.78, 5) is 27.2. The lowest BCUT2D eigenvalue weighted by Crippen LogP contribution is -2.47. The van der Waals surface area contributed by atoms with Gasteiger partial charge in [-0.1, -0.05) is 48.2 Å². The number of nitrogens with zero attached hydrogens (tertiary/aromatic N) is 1. The summed E-state index contributed by atoms with van der Waals surface area (Å²) in [5, 5.41) is 12.2. The minimum atomic E-state index is -0.709. The number of methoxy groups -OCH3 is 1. The predicted octanol–water partition coefficient (Wildman–Crippen LogP) is 3.35. The first-order valence-corrected chi connectivity index (χ1v) is 10.6. The minimum absolute atomic E-state index is 0.202. The zero-order valence-corrected chi connectivity index (χ0v) is 18.3. The number of nitrogens with one attached hydrogen (secondary N) is 1. The molecule has 6 nitrogen and oxygen atoms in total. The van der Waals surface area contributed by atoms with E-state index in [0.29, 0.717) is 22.2 Å². The number of phenolic OH excluding ortho intramolecular Hbond substituents is 1. The highest BCUT2D eigenvalue weighted by Gasteiger charge is 2.38. The molecule has 0 bridgehead atoms. The van der Waals surface area contributed by atoms with Crippen molar-refractivity contribution in [3.05, 3.63) is 64.6 Å². The molecular weight excluding hydrogens is 420 g/mol. The van der Waals surface area contributed by atoms with Crippen molar-refractivity contribution >= 4 is 46.2 Å². The van der Waals surface area contributed by atoms with Gasteiger partial charge in [-0.15, -0.1) is 0 Å². The van der Waals surface area contributed by atoms with Crippen molar-refractivity contribution < 1.29 is 19.4 Å². The molecule has 1 saturated heterocycles. The van der Waals surface area contributed by atoms with Crippen molar-refractivity contribution in [2.45, 2.75) is 19.4 Å². The largest absolute Gasteiger partial charge is 0.508 e. The number of hydrogen-bond acceptors (Lipinski definition) is 6. The monoisotopic (exact) mass is 442 g/mol. The van der Waals surface area contributed by atoms with E-state index in [9.17, 15) is 14.7 Å². The van der Waals surface area contributed by atoms with E-state index in [2.05, 4.69) is 5.32 Å². The molecule has 2 aromatic rings. The lowest BCUT2D eigenvalue weighted by atomic mass is 10.1. The Morgan fingerprint density at radius 1 is 1.23 bits per heavy atom. The average Bonchev–Trinajstić information content (AvgIpc) is 3.02. The van der Waals surface area contributed by atoms with E-state index in [1.165, 1.54) is 16.7 Å². The van der Waals surface area contributed by atoms with E-state index < -0.39 is 6.04 Å². The lowest BCUT2D eigenvalue weighted by molar-refractivity contribution is -0.132. The Morgan fingerprint density at radius 3 is 2.53 bits per heavy atom. The molecule has 3 rings (SSSR count). The molecule has 1 atom stereocenters. The molecule has 1 heterocycles. The zero-order valence-electron chi connectivity index (χ0n) is 16.6. The van der Waals surface area contributed by atoms with Crippen LogP contribution >= 0.6 is 24.0 Å². The van der Waals surface area contributed by atoms with E-state index in [0.717, 1.165) is 16.9 Å². The Balaban J connectivity index is 1.60. The van der Waals surface area contributed by atoms with Gasteiger partial charge >= 0.3 is 0 Å². The highest BCUT2D eigenvalue weighted by atomic mass is 32.2. The van der Waals surface area contributed by atoms with Crippen LogP contribution in [0.3, 0.4) is 0 Å². The third-order valence-electron chi connectivity index (χ3n) is 4.65. The van der Waals surface area contributed by atoms with Gasteiger partial charge in [0.05, 0.1) is 12.0 Å². The maximum Gasteiger partial charge on any atom is 0.266 e. The van der Waals surface area contributed by atoms with Gasteiger partial charge in [0.2, 0.25) is 5.91 Å². The fourth-order valence-electron chi connectivity index (χ4n) is 2.92. The number of benzene rings is 2. The fourth-order valence-corrected chi connectivity index (χ4v) is 4.34. The molecule has 1 aliphatic heterocycles. The Morgan fingerprint density at radius 2 is 1.90 bits per heavy atom. The summed E-state index contributed by atoms with van der Waals surface area (Å²) in [6.45, 7) is 2.08. The number of ether oxygens (including phenoxy) is 1. The molecule has 8 heteroatoms. The molecule has 0 radical (unpaired) electrons. The molecule has 2 aromatic carbocycles. The van der Waals surface area contributed by atoms with Gasteiger partial charge in [0.15, 0.2) is 0 Å². The van der Waals surface area contributed by atoms with Gasteiger partial charge in [0.1, 0.15) is 21.9 Å². The fraction of sp³-hybridized carbons (Fsp3) is 0.227. The van der Waals surface area contributed by atoms with Gasteiger partial charge < -0.3 is 15.2 Å². The highest BCUT2D eigenvalue weighted by Crippen LogP contribution is 2.34. The molecule has 0 unspecified atom stereocenters. The third kappa shape index (κ3) is 5.20. The number of amides is 2. The second kappa shape index (κ2) is 9.77. The normalized spacial score (nSPS) is 16.1. The number of carbonyl (C=O) groups excluding carboxylic acids is 2. The second-order valence-corrected chi connectivity index (χ2v) is 8.38. The van der Waals surface area contributed by atoms with E-state index in [4.69, 9.17) is 17.0 Å². The van der Waals surface area contributed by atoms with E-state index in [1.54, 1.807) is 44.4 Å². The minimum Gasteiger partial charge on any atom is -0.508 e. The van der Waals surface area contributed by atoms with Crippen molar-refractivity contribution in [2.24, 2.45) is 0 Å². The van der Waals surface area contributed by atoms with Crippen LogP contribution in [0.1, 0.15) is 18.1 Å². The number of thioether (sulfide) groups is 1. The van der Waals surface area contributed by atoms with Crippen LogP contribution in [0.4, 0.5) is 0 Å². The van der Waals surface area contributed by atoms with Gasteiger partial charge in [0.25, 0.3) is 5.91 Å². The molecule has 30 heavy (non-hydrogen) atoms. The van der Waals surface area contributed by atoms with Gasteiger partial charge in [-0.3, -0.25) is 14.5 Å². The Labute approximate surface area is 184 Å². The molecule has 2 amide bonds. The average molecular weight is 443 g/mol. The summed E-state index contributed by atoms with van der Waals surface area (Å²) >= 11 is 6.54. The predicted molar refractivity (Wildman–Crippen MR) is 122 cm³/mol. The summed E-state index contributed by atoms with van der Waals surface area (Å²) in [5.41, 5.74) is 1.84. The van der Waals surface area contributed by atoms with Crippen molar-refractivity contribution in [2.75, 3.05) is 13.7 Å². The van der Waals surface area contributed by atoms with Crippen LogP contribution in [0.2, 0.25) is 0 Å². The first-order valence-electron chi connectivity index (χ1n) is 9.36. The SMILES string of the molecule is COc1ccc(/C=C2\SC(=S)N([C@H](C)C(=O)NCCc3ccc(O)cc3)C2=O)cc1. The van der Waals surface area contributed by atoms with Crippen molar-refractivity contribution in [1.82, 2.24) is 10.2 Å². The second-order valence-electron chi connectivity index (χ2n) is 6.71. The molecule has 2 N–H and O–H groups in total. The number of hydrogen-bond donors (Lipinski definition) is 2. The molecule has 1 fully saturated rings. The van der Waals surface area contributed by atoms with Crippen LogP contribution in [-0.2, 0) is 16.0 Å². The summed E-state index contributed by atoms with van der Waals surface area (Å²) < 4.78 is 5.50. The third-order valence-corrected chi connectivity index (χ3v) is 5.98. The smallest absolute Gasteiger partial charge is 0.266 e. The van der Waals surface area contributed by atoms with Crippen molar-refractivity contribution in [3.8, 4) is 11.5 Å². The van der Waals surface area contributed by atoms with E-state index in [-0.39, 0.29) is 17.6 Å². The van der Waals surface area contributed by atoms with Crippen LogP contribution in [0.5, 0.6) is 11.5 Å². The highest BCUT2D eigenvalue weighted by molar-refractivity contribution is 8.26. The standard InChI is InChI=1S/C22H22N2O4S2/c1-14(20(26)23-12-11-15-3-7-17(25)8-4-15)24-21(27)19(30-22(24)29)13-16-5-9-18(28-2)10-6-16/h3-10,13-14,25H,11-12H2,1-2H3,(H,23,26)/b19-13-/t14-/m1/s1. The van der Waals surface area contributed by atoms with E-state index >= 15 is 0 Å². The van der Waals surface area contributed by atoms with Crippen LogP contribution in [-0.4, -0.2) is 45.8 Å². The first kappa shape index (κ1) is 21.9. The van der Waals surface area contributed by atoms with Gasteiger partial charge in [-0.2, -0.15) is 0 Å². The first-order chi connectivity index (χ1) is 14.4. The Hall–Kier alpha value is -2.84. The van der Waals surface area contributed by atoms with Crippen LogP contribution in [0.15, 0.2) is 53.4 Å². The molecular formula is C22H22N2O4S2. The number of rotatable bonds is 7. The number of thiocarbonyl (C=S) groups is 1. The maximum absolute atomic E-state index is 12.8. The van der Waals surface area contributed by atoms with Crippen LogP contribution in [0.25, 0.3) is 6.08 Å². The van der Waals surface area contributed by atoms with Crippen molar-refractivity contribution in [1.29, 1.82) is 0 Å². The quantitative estimate of drug-likeness (QED) is 0.506. The Bertz CT molecular complexity index is 972. The molecule has 156 valence electrons. The van der Waals surface area contributed by atoms with Crippen molar-refractivity contribution in [3.63, 3.8) is 0 Å². The number of phenols is 1. The molecule has 1 aliphatic rings. The summed E-state index contributed by atoms with van der Waals surface area (Å²) in [5.74, 6) is 0.392. The maximum atomic E-state index is 12.8. The summed E-state index contributed by atoms with van der Waals surface area (Å²) in [7, 11) is 1.59. The molecule has 0 spiro atoms. The molecule has 0 saturated carbocycles. The van der Waals surface area contributed by atoms with E-state index in [1.807, 2.05) is 24.3 Å².